The van der Waals surface area contributed by atoms with Crippen molar-refractivity contribution in [2.75, 3.05) is 6.54 Å². The Bertz CT molecular complexity index is 329. The van der Waals surface area contributed by atoms with Gasteiger partial charge in [0.25, 0.3) is 0 Å². The van der Waals surface area contributed by atoms with Crippen molar-refractivity contribution < 1.29 is 19.5 Å². The van der Waals surface area contributed by atoms with E-state index in [1.165, 1.54) is 0 Å². The quantitative estimate of drug-likeness (QED) is 0.616. The maximum atomic E-state index is 11.8. The molecule has 17 heavy (non-hydrogen) atoms. The summed E-state index contributed by atoms with van der Waals surface area (Å²) in [6, 6.07) is 0. The number of carbonyl (C=O) groups excluding carboxylic acids is 2. The number of rotatable bonds is 5. The van der Waals surface area contributed by atoms with Gasteiger partial charge in [-0.2, -0.15) is 0 Å². The van der Waals surface area contributed by atoms with Gasteiger partial charge in [0.1, 0.15) is 0 Å². The SMILES string of the molecule is CC1C[C@H](C(=O)NCCC(N)=O)[C@H](C(=O)O)C1. The molecule has 0 aromatic rings. The highest BCUT2D eigenvalue weighted by Gasteiger charge is 2.40. The number of nitrogens with one attached hydrogen (secondary N) is 1. The highest BCUT2D eigenvalue weighted by Crippen LogP contribution is 2.36. The summed E-state index contributed by atoms with van der Waals surface area (Å²) in [6.45, 7) is 2.11. The number of carboxylic acid groups (broad SMARTS) is 1. The van der Waals surface area contributed by atoms with E-state index in [1.807, 2.05) is 6.92 Å². The van der Waals surface area contributed by atoms with Crippen LogP contribution in [-0.2, 0) is 14.4 Å². The molecular formula is C11H18N2O4. The van der Waals surface area contributed by atoms with Gasteiger partial charge < -0.3 is 16.2 Å². The van der Waals surface area contributed by atoms with Crippen LogP contribution in [0.5, 0.6) is 0 Å². The monoisotopic (exact) mass is 242 g/mol. The van der Waals surface area contributed by atoms with Crippen LogP contribution in [0.4, 0.5) is 0 Å². The van der Waals surface area contributed by atoms with Crippen LogP contribution in [0.25, 0.3) is 0 Å². The van der Waals surface area contributed by atoms with Crippen LogP contribution < -0.4 is 11.1 Å². The van der Waals surface area contributed by atoms with Crippen LogP contribution in [0.2, 0.25) is 0 Å². The molecular weight excluding hydrogens is 224 g/mol. The van der Waals surface area contributed by atoms with Crippen molar-refractivity contribution >= 4 is 17.8 Å². The Hall–Kier alpha value is -1.59. The van der Waals surface area contributed by atoms with E-state index in [0.717, 1.165) is 0 Å². The topological polar surface area (TPSA) is 109 Å². The lowest BCUT2D eigenvalue weighted by Crippen LogP contribution is -2.36. The Morgan fingerprint density at radius 3 is 2.41 bits per heavy atom. The van der Waals surface area contributed by atoms with Gasteiger partial charge in [0, 0.05) is 13.0 Å². The Morgan fingerprint density at radius 2 is 1.88 bits per heavy atom. The summed E-state index contributed by atoms with van der Waals surface area (Å²) in [5.41, 5.74) is 4.95. The molecule has 0 aliphatic heterocycles. The van der Waals surface area contributed by atoms with Gasteiger partial charge in [0.2, 0.25) is 11.8 Å². The number of primary amides is 1. The minimum atomic E-state index is -0.926. The average molecular weight is 242 g/mol. The minimum absolute atomic E-state index is 0.0752. The Morgan fingerprint density at radius 1 is 1.29 bits per heavy atom. The molecule has 4 N–H and O–H groups in total. The van der Waals surface area contributed by atoms with Gasteiger partial charge in [0.15, 0.2) is 0 Å². The molecule has 1 saturated carbocycles. The van der Waals surface area contributed by atoms with Gasteiger partial charge in [-0.05, 0) is 18.8 Å². The summed E-state index contributed by atoms with van der Waals surface area (Å²) < 4.78 is 0. The molecule has 0 aromatic carbocycles. The van der Waals surface area contributed by atoms with Gasteiger partial charge in [-0.15, -0.1) is 0 Å². The highest BCUT2D eigenvalue weighted by atomic mass is 16.4. The lowest BCUT2D eigenvalue weighted by atomic mass is 9.95. The van der Waals surface area contributed by atoms with Gasteiger partial charge in [-0.3, -0.25) is 14.4 Å². The predicted molar refractivity (Wildman–Crippen MR) is 59.8 cm³/mol. The molecule has 1 rings (SSSR count). The summed E-state index contributed by atoms with van der Waals surface area (Å²) >= 11 is 0. The number of nitrogens with two attached hydrogens (primary N) is 1. The fraction of sp³-hybridized carbons (Fsp3) is 0.727. The molecule has 2 amide bonds. The third-order valence-corrected chi connectivity index (χ3v) is 3.12. The first kappa shape index (κ1) is 13.5. The molecule has 3 atom stereocenters. The summed E-state index contributed by atoms with van der Waals surface area (Å²) in [5, 5.41) is 11.6. The Labute approximate surface area is 99.6 Å². The van der Waals surface area contributed by atoms with E-state index in [0.29, 0.717) is 12.8 Å². The minimum Gasteiger partial charge on any atom is -0.481 e. The van der Waals surface area contributed by atoms with E-state index in [-0.39, 0.29) is 24.8 Å². The van der Waals surface area contributed by atoms with Crippen LogP contribution in [0.15, 0.2) is 0 Å². The fourth-order valence-electron chi connectivity index (χ4n) is 2.29. The van der Waals surface area contributed by atoms with E-state index >= 15 is 0 Å². The van der Waals surface area contributed by atoms with Crippen molar-refractivity contribution in [2.24, 2.45) is 23.5 Å². The van der Waals surface area contributed by atoms with Crippen molar-refractivity contribution in [3.8, 4) is 0 Å². The predicted octanol–water partition coefficient (Wildman–Crippen LogP) is -0.275. The van der Waals surface area contributed by atoms with Gasteiger partial charge in [0.05, 0.1) is 11.8 Å². The smallest absolute Gasteiger partial charge is 0.307 e. The molecule has 1 aliphatic carbocycles. The zero-order valence-corrected chi connectivity index (χ0v) is 9.81. The molecule has 0 spiro atoms. The molecule has 0 bridgehead atoms. The Kier molecular flexibility index (Phi) is 4.48. The molecule has 96 valence electrons. The molecule has 6 heteroatoms. The number of carbonyl (C=O) groups is 3. The van der Waals surface area contributed by atoms with Crippen molar-refractivity contribution in [3.63, 3.8) is 0 Å². The second kappa shape index (κ2) is 5.65. The van der Waals surface area contributed by atoms with Crippen molar-refractivity contribution in [3.05, 3.63) is 0 Å². The average Bonchev–Trinajstić information content (AvgIpc) is 2.59. The lowest BCUT2D eigenvalue weighted by molar-refractivity contribution is -0.146. The van der Waals surface area contributed by atoms with E-state index in [4.69, 9.17) is 10.8 Å². The van der Waals surface area contributed by atoms with Crippen molar-refractivity contribution in [1.82, 2.24) is 5.32 Å². The van der Waals surface area contributed by atoms with E-state index in [9.17, 15) is 14.4 Å². The third-order valence-electron chi connectivity index (χ3n) is 3.12. The summed E-state index contributed by atoms with van der Waals surface area (Å²) in [4.78, 5) is 33.3. The van der Waals surface area contributed by atoms with E-state index in [1.54, 1.807) is 0 Å². The first-order valence-corrected chi connectivity index (χ1v) is 5.70. The van der Waals surface area contributed by atoms with E-state index < -0.39 is 23.7 Å². The van der Waals surface area contributed by atoms with Gasteiger partial charge >= 0.3 is 5.97 Å². The number of amides is 2. The highest BCUT2D eigenvalue weighted by molar-refractivity contribution is 5.85. The normalized spacial score (nSPS) is 27.7. The third kappa shape index (κ3) is 3.72. The maximum absolute atomic E-state index is 11.8. The van der Waals surface area contributed by atoms with Crippen LogP contribution in [0.3, 0.4) is 0 Å². The second-order valence-electron chi connectivity index (χ2n) is 4.64. The molecule has 0 aromatic heterocycles. The van der Waals surface area contributed by atoms with E-state index in [2.05, 4.69) is 5.32 Å². The van der Waals surface area contributed by atoms with Gasteiger partial charge in [-0.1, -0.05) is 6.92 Å². The summed E-state index contributed by atoms with van der Waals surface area (Å²) in [5.74, 6) is -2.57. The second-order valence-corrected chi connectivity index (χ2v) is 4.64. The maximum Gasteiger partial charge on any atom is 0.307 e. The molecule has 1 unspecified atom stereocenters. The number of hydrogen-bond donors (Lipinski definition) is 3. The molecule has 0 radical (unpaired) electrons. The molecule has 1 aliphatic rings. The molecule has 0 saturated heterocycles. The zero-order chi connectivity index (χ0) is 13.0. The number of carboxylic acids is 1. The fourth-order valence-corrected chi connectivity index (χ4v) is 2.29. The van der Waals surface area contributed by atoms with Crippen LogP contribution in [0, 0.1) is 17.8 Å². The Balaban J connectivity index is 2.49. The zero-order valence-electron chi connectivity index (χ0n) is 9.81. The summed E-state index contributed by atoms with van der Waals surface area (Å²) in [7, 11) is 0. The van der Waals surface area contributed by atoms with Crippen LogP contribution in [0.1, 0.15) is 26.2 Å². The molecule has 0 heterocycles. The summed E-state index contributed by atoms with van der Waals surface area (Å²) in [6.07, 6.45) is 1.19. The number of hydrogen-bond acceptors (Lipinski definition) is 3. The lowest BCUT2D eigenvalue weighted by Gasteiger charge is -2.15. The molecule has 6 nitrogen and oxygen atoms in total. The van der Waals surface area contributed by atoms with Crippen LogP contribution in [-0.4, -0.2) is 29.4 Å². The van der Waals surface area contributed by atoms with Crippen molar-refractivity contribution in [2.45, 2.75) is 26.2 Å². The first-order valence-electron chi connectivity index (χ1n) is 5.70. The first-order chi connectivity index (χ1) is 7.91. The molecule has 1 fully saturated rings. The number of aliphatic carboxylic acids is 1. The van der Waals surface area contributed by atoms with Crippen LogP contribution >= 0.6 is 0 Å². The van der Waals surface area contributed by atoms with Crippen molar-refractivity contribution in [1.29, 1.82) is 0 Å². The largest absolute Gasteiger partial charge is 0.481 e. The standard InChI is InChI=1S/C11H18N2O4/c1-6-4-7(8(5-6)11(16)17)10(15)13-3-2-9(12)14/h6-8H,2-5H2,1H3,(H2,12,14)(H,13,15)(H,16,17)/t6?,7-,8+/m0/s1. The van der Waals surface area contributed by atoms with Gasteiger partial charge in [-0.25, -0.2) is 0 Å².